The normalized spacial score (nSPS) is 19.4. The third-order valence-corrected chi connectivity index (χ3v) is 8.20. The first kappa shape index (κ1) is 25.6. The van der Waals surface area contributed by atoms with E-state index < -0.39 is 11.9 Å². The number of hydrogen-bond donors (Lipinski definition) is 1. The van der Waals surface area contributed by atoms with Crippen LogP contribution in [0.25, 0.3) is 0 Å². The molecule has 0 aromatic heterocycles. The summed E-state index contributed by atoms with van der Waals surface area (Å²) in [5.41, 5.74) is 7.20. The third kappa shape index (κ3) is 5.22. The number of thioether (sulfide) groups is 1. The Bertz CT molecular complexity index is 1260. The zero-order chi connectivity index (χ0) is 25.5. The summed E-state index contributed by atoms with van der Waals surface area (Å²) < 4.78 is 5.19. The van der Waals surface area contributed by atoms with Gasteiger partial charge in [0.25, 0.3) is 0 Å². The standard InChI is InChI=1S/C29H32ClNO3S/c1-16-11-17(2)22(12-19(16)15-35-21-9-7-20(30)8-10-21)26-25(28(33)34-6)18(3)31-23-13-29(4,5)14-24(32)27(23)26/h7-12,26,31H,13-15H2,1-6H3/t26-/m1/s1. The van der Waals surface area contributed by atoms with Gasteiger partial charge in [0, 0.05) is 45.0 Å². The lowest BCUT2D eigenvalue weighted by Gasteiger charge is -2.39. The van der Waals surface area contributed by atoms with Crippen LogP contribution < -0.4 is 5.32 Å². The van der Waals surface area contributed by atoms with E-state index in [4.69, 9.17) is 16.3 Å². The predicted molar refractivity (Wildman–Crippen MR) is 143 cm³/mol. The monoisotopic (exact) mass is 509 g/mol. The zero-order valence-electron chi connectivity index (χ0n) is 21.2. The second-order valence-electron chi connectivity index (χ2n) is 10.3. The number of halogens is 1. The molecule has 1 aliphatic heterocycles. The van der Waals surface area contributed by atoms with Crippen molar-refractivity contribution in [2.75, 3.05) is 7.11 Å². The van der Waals surface area contributed by atoms with Crippen molar-refractivity contribution in [2.45, 2.75) is 64.0 Å². The fourth-order valence-electron chi connectivity index (χ4n) is 5.20. The summed E-state index contributed by atoms with van der Waals surface area (Å²) in [4.78, 5) is 27.6. The number of allylic oxidation sites excluding steroid dienone is 3. The number of aryl methyl sites for hydroxylation is 2. The summed E-state index contributed by atoms with van der Waals surface area (Å²) in [5, 5.41) is 4.11. The van der Waals surface area contributed by atoms with Gasteiger partial charge in [-0.2, -0.15) is 0 Å². The van der Waals surface area contributed by atoms with Crippen molar-refractivity contribution in [2.24, 2.45) is 5.41 Å². The van der Waals surface area contributed by atoms with Crippen LogP contribution in [0.4, 0.5) is 0 Å². The van der Waals surface area contributed by atoms with Gasteiger partial charge in [-0.05, 0) is 79.1 Å². The number of carbonyl (C=O) groups excluding carboxylic acids is 2. The van der Waals surface area contributed by atoms with Crippen molar-refractivity contribution in [1.82, 2.24) is 5.32 Å². The van der Waals surface area contributed by atoms with E-state index in [2.05, 4.69) is 45.1 Å². The fourth-order valence-corrected chi connectivity index (χ4v) is 6.29. The topological polar surface area (TPSA) is 55.4 Å². The van der Waals surface area contributed by atoms with Gasteiger partial charge < -0.3 is 10.1 Å². The first-order valence-corrected chi connectivity index (χ1v) is 13.2. The number of rotatable bonds is 5. The second-order valence-corrected chi connectivity index (χ2v) is 11.8. The maximum atomic E-state index is 13.5. The van der Waals surface area contributed by atoms with Gasteiger partial charge in [-0.1, -0.05) is 37.6 Å². The van der Waals surface area contributed by atoms with Crippen LogP contribution in [-0.4, -0.2) is 18.9 Å². The summed E-state index contributed by atoms with van der Waals surface area (Å²) in [5.74, 6) is 0.0256. The number of ether oxygens (including phenoxy) is 1. The van der Waals surface area contributed by atoms with Crippen LogP contribution in [-0.2, 0) is 20.1 Å². The largest absolute Gasteiger partial charge is 0.466 e. The van der Waals surface area contributed by atoms with Gasteiger partial charge in [0.1, 0.15) is 0 Å². The minimum atomic E-state index is -0.442. The van der Waals surface area contributed by atoms with Gasteiger partial charge in [-0.25, -0.2) is 4.79 Å². The molecule has 1 atom stereocenters. The molecule has 35 heavy (non-hydrogen) atoms. The smallest absolute Gasteiger partial charge is 0.336 e. The van der Waals surface area contributed by atoms with Crippen LogP contribution in [0.1, 0.15) is 61.8 Å². The molecule has 0 fully saturated rings. The number of nitrogens with one attached hydrogen (secondary N) is 1. The number of ketones is 1. The molecule has 0 spiro atoms. The van der Waals surface area contributed by atoms with Crippen LogP contribution in [0, 0.1) is 19.3 Å². The number of dihydropyridines is 1. The molecule has 2 aliphatic rings. The van der Waals surface area contributed by atoms with Crippen LogP contribution in [0.15, 0.2) is 63.8 Å². The minimum Gasteiger partial charge on any atom is -0.466 e. The molecule has 1 N–H and O–H groups in total. The second kappa shape index (κ2) is 9.87. The van der Waals surface area contributed by atoms with Gasteiger partial charge in [0.15, 0.2) is 5.78 Å². The molecule has 4 rings (SSSR count). The Hall–Kier alpha value is -2.50. The maximum absolute atomic E-state index is 13.5. The van der Waals surface area contributed by atoms with Crippen molar-refractivity contribution >= 4 is 35.1 Å². The highest BCUT2D eigenvalue weighted by molar-refractivity contribution is 7.98. The Morgan fingerprint density at radius 2 is 1.80 bits per heavy atom. The third-order valence-electron chi connectivity index (χ3n) is 6.89. The summed E-state index contributed by atoms with van der Waals surface area (Å²) in [6.45, 7) is 10.3. The van der Waals surface area contributed by atoms with E-state index in [1.54, 1.807) is 11.8 Å². The van der Waals surface area contributed by atoms with E-state index in [-0.39, 0.29) is 11.2 Å². The van der Waals surface area contributed by atoms with Crippen LogP contribution in [0.5, 0.6) is 0 Å². The van der Waals surface area contributed by atoms with Crippen LogP contribution in [0.2, 0.25) is 5.02 Å². The first-order chi connectivity index (χ1) is 16.5. The summed E-state index contributed by atoms with van der Waals surface area (Å²) in [6, 6.07) is 12.2. The lowest BCUT2D eigenvalue weighted by molar-refractivity contribution is -0.136. The molecule has 0 amide bonds. The number of carbonyl (C=O) groups is 2. The van der Waals surface area contributed by atoms with Crippen LogP contribution in [0.3, 0.4) is 0 Å². The molecule has 0 bridgehead atoms. The van der Waals surface area contributed by atoms with Gasteiger partial charge in [-0.15, -0.1) is 11.8 Å². The van der Waals surface area contributed by atoms with E-state index in [9.17, 15) is 9.59 Å². The van der Waals surface area contributed by atoms with Gasteiger partial charge >= 0.3 is 5.97 Å². The van der Waals surface area contributed by atoms with Crippen molar-refractivity contribution < 1.29 is 14.3 Å². The number of benzene rings is 2. The highest BCUT2D eigenvalue weighted by Gasteiger charge is 2.43. The quantitative estimate of drug-likeness (QED) is 0.346. The Morgan fingerprint density at radius 3 is 2.46 bits per heavy atom. The number of Topliss-reactive ketones (excluding diaryl/α,β-unsaturated/α-hetero) is 1. The molecule has 2 aromatic carbocycles. The van der Waals surface area contributed by atoms with Crippen molar-refractivity contribution in [3.05, 3.63) is 86.2 Å². The van der Waals surface area contributed by atoms with E-state index in [0.717, 1.165) is 44.6 Å². The van der Waals surface area contributed by atoms with Crippen molar-refractivity contribution in [3.8, 4) is 0 Å². The molecule has 1 heterocycles. The number of esters is 1. The number of hydrogen-bond acceptors (Lipinski definition) is 5. The van der Waals surface area contributed by atoms with E-state index in [1.165, 1.54) is 18.2 Å². The minimum absolute atomic E-state index is 0.0970. The summed E-state index contributed by atoms with van der Waals surface area (Å²) in [6.07, 6.45) is 1.22. The van der Waals surface area contributed by atoms with E-state index in [0.29, 0.717) is 17.6 Å². The lowest BCUT2D eigenvalue weighted by Crippen LogP contribution is -2.38. The Labute approximate surface area is 217 Å². The van der Waals surface area contributed by atoms with Gasteiger partial charge in [0.05, 0.1) is 12.7 Å². The van der Waals surface area contributed by atoms with Crippen molar-refractivity contribution in [1.29, 1.82) is 0 Å². The molecule has 0 saturated heterocycles. The first-order valence-electron chi connectivity index (χ1n) is 11.8. The SMILES string of the molecule is COC(=O)C1=C(C)NC2=C(C(=O)CC(C)(C)C2)[C@@H]1c1cc(CSc2ccc(Cl)cc2)c(C)cc1C. The molecule has 0 unspecified atom stereocenters. The van der Waals surface area contributed by atoms with Gasteiger partial charge in [0.2, 0.25) is 0 Å². The van der Waals surface area contributed by atoms with Gasteiger partial charge in [-0.3, -0.25) is 4.79 Å². The molecule has 0 saturated carbocycles. The molecule has 184 valence electrons. The molecule has 0 radical (unpaired) electrons. The van der Waals surface area contributed by atoms with Crippen molar-refractivity contribution in [3.63, 3.8) is 0 Å². The summed E-state index contributed by atoms with van der Waals surface area (Å²) >= 11 is 7.78. The lowest BCUT2D eigenvalue weighted by atomic mass is 9.68. The maximum Gasteiger partial charge on any atom is 0.336 e. The molecule has 4 nitrogen and oxygen atoms in total. The van der Waals surface area contributed by atoms with E-state index >= 15 is 0 Å². The Kier molecular flexibility index (Phi) is 7.21. The fraction of sp³-hybridized carbons (Fsp3) is 0.379. The Morgan fingerprint density at radius 1 is 1.11 bits per heavy atom. The number of methoxy groups -OCH3 is 1. The van der Waals surface area contributed by atoms with E-state index in [1.807, 2.05) is 31.2 Å². The molecular formula is C29H32ClNO3S. The molecule has 1 aliphatic carbocycles. The average molecular weight is 510 g/mol. The zero-order valence-corrected chi connectivity index (χ0v) is 22.7. The Balaban J connectivity index is 1.81. The van der Waals surface area contributed by atoms with Crippen LogP contribution >= 0.6 is 23.4 Å². The highest BCUT2D eigenvalue weighted by atomic mass is 35.5. The predicted octanol–water partition coefficient (Wildman–Crippen LogP) is 7.03. The summed E-state index contributed by atoms with van der Waals surface area (Å²) in [7, 11) is 1.39. The average Bonchev–Trinajstić information content (AvgIpc) is 2.77. The molecule has 2 aromatic rings. The molecule has 6 heteroatoms. The molecular weight excluding hydrogens is 478 g/mol. The highest BCUT2D eigenvalue weighted by Crippen LogP contribution is 2.48.